The van der Waals surface area contributed by atoms with Gasteiger partial charge in [-0.05, 0) is 69.5 Å². The Balaban J connectivity index is 0.000000339. The number of ether oxygens (including phenoxy) is 1. The van der Waals surface area contributed by atoms with Crippen molar-refractivity contribution >= 4 is 11.9 Å². The van der Waals surface area contributed by atoms with Gasteiger partial charge in [-0.25, -0.2) is 9.18 Å². The maximum atomic E-state index is 13.0. The van der Waals surface area contributed by atoms with E-state index in [1.54, 1.807) is 12.1 Å². The van der Waals surface area contributed by atoms with Crippen molar-refractivity contribution in [3.8, 4) is 0 Å². The highest BCUT2D eigenvalue weighted by Crippen LogP contribution is 2.38. The van der Waals surface area contributed by atoms with Crippen LogP contribution in [0.25, 0.3) is 0 Å². The van der Waals surface area contributed by atoms with E-state index < -0.39 is 12.1 Å². The van der Waals surface area contributed by atoms with Crippen molar-refractivity contribution in [3.63, 3.8) is 0 Å². The number of carboxylic acid groups (broad SMARTS) is 1. The lowest BCUT2D eigenvalue weighted by Crippen LogP contribution is -2.47. The minimum atomic E-state index is -5.08. The van der Waals surface area contributed by atoms with E-state index in [1.165, 1.54) is 38.1 Å². The van der Waals surface area contributed by atoms with Crippen molar-refractivity contribution in [3.05, 3.63) is 35.6 Å². The Kier molecular flexibility index (Phi) is 7.20. The number of carboxylic acids is 1. The third kappa shape index (κ3) is 5.94. The third-order valence-electron chi connectivity index (χ3n) is 6.14. The topological polar surface area (TPSA) is 70.1 Å². The number of piperidine rings is 1. The van der Waals surface area contributed by atoms with Crippen LogP contribution in [-0.2, 0) is 9.53 Å². The normalized spacial score (nSPS) is 23.5. The molecule has 3 heterocycles. The van der Waals surface area contributed by atoms with Crippen molar-refractivity contribution in [1.82, 2.24) is 9.80 Å². The van der Waals surface area contributed by atoms with Gasteiger partial charge in [0.25, 0.3) is 5.91 Å². The largest absolute Gasteiger partial charge is 0.490 e. The van der Waals surface area contributed by atoms with Gasteiger partial charge in [0.1, 0.15) is 5.82 Å². The molecule has 1 amide bonds. The van der Waals surface area contributed by atoms with E-state index in [0.29, 0.717) is 11.6 Å². The van der Waals surface area contributed by atoms with Gasteiger partial charge in [-0.3, -0.25) is 9.69 Å². The maximum absolute atomic E-state index is 13.0. The molecule has 172 valence electrons. The first-order valence-corrected chi connectivity index (χ1v) is 10.3. The molecule has 6 nitrogen and oxygen atoms in total. The molecule has 3 saturated heterocycles. The van der Waals surface area contributed by atoms with Crippen molar-refractivity contribution in [1.29, 1.82) is 0 Å². The van der Waals surface area contributed by atoms with Gasteiger partial charge in [-0.2, -0.15) is 13.2 Å². The molecule has 1 aromatic rings. The molecule has 0 bridgehead atoms. The molecule has 1 N–H and O–H groups in total. The third-order valence-corrected chi connectivity index (χ3v) is 6.14. The van der Waals surface area contributed by atoms with Crippen LogP contribution < -0.4 is 0 Å². The minimum Gasteiger partial charge on any atom is -0.475 e. The quantitative estimate of drug-likeness (QED) is 0.706. The van der Waals surface area contributed by atoms with Gasteiger partial charge >= 0.3 is 12.1 Å². The predicted molar refractivity (Wildman–Crippen MR) is 103 cm³/mol. The molecule has 10 heteroatoms. The molecule has 1 atom stereocenters. The lowest BCUT2D eigenvalue weighted by molar-refractivity contribution is -0.192. The Morgan fingerprint density at radius 2 is 1.58 bits per heavy atom. The summed E-state index contributed by atoms with van der Waals surface area (Å²) in [6.45, 7) is 4.70. The Hall–Kier alpha value is -2.20. The van der Waals surface area contributed by atoms with E-state index in [2.05, 4.69) is 4.90 Å². The summed E-state index contributed by atoms with van der Waals surface area (Å²) in [4.78, 5) is 25.9. The number of halogens is 4. The summed E-state index contributed by atoms with van der Waals surface area (Å²) < 4.78 is 51.0. The zero-order valence-corrected chi connectivity index (χ0v) is 17.0. The summed E-state index contributed by atoms with van der Waals surface area (Å²) in [6, 6.07) is 6.39. The molecule has 0 aliphatic carbocycles. The highest BCUT2D eigenvalue weighted by molar-refractivity contribution is 5.94. The lowest BCUT2D eigenvalue weighted by Gasteiger charge is -2.39. The summed E-state index contributed by atoms with van der Waals surface area (Å²) in [5.74, 6) is -3.07. The van der Waals surface area contributed by atoms with Gasteiger partial charge in [0, 0.05) is 24.7 Å². The summed E-state index contributed by atoms with van der Waals surface area (Å²) in [5.41, 5.74) is 0.530. The first-order chi connectivity index (χ1) is 14.6. The molecule has 1 aromatic carbocycles. The van der Waals surface area contributed by atoms with Gasteiger partial charge in [0.15, 0.2) is 0 Å². The van der Waals surface area contributed by atoms with Crippen LogP contribution >= 0.6 is 0 Å². The Bertz CT molecular complexity index is 771. The van der Waals surface area contributed by atoms with Gasteiger partial charge in [-0.1, -0.05) is 0 Å². The van der Waals surface area contributed by atoms with Crippen molar-refractivity contribution < 1.29 is 37.0 Å². The summed E-state index contributed by atoms with van der Waals surface area (Å²) in [6.07, 6.45) is 0.451. The number of hydrogen-bond donors (Lipinski definition) is 1. The van der Waals surface area contributed by atoms with Crippen LogP contribution in [0.1, 0.15) is 42.5 Å². The van der Waals surface area contributed by atoms with E-state index in [4.69, 9.17) is 14.6 Å². The fourth-order valence-electron chi connectivity index (χ4n) is 4.40. The summed E-state index contributed by atoms with van der Waals surface area (Å²) in [5, 5.41) is 7.12. The number of amides is 1. The highest BCUT2D eigenvalue weighted by Gasteiger charge is 2.45. The zero-order valence-electron chi connectivity index (χ0n) is 17.0. The fraction of sp³-hybridized carbons (Fsp3) is 0.619. The van der Waals surface area contributed by atoms with Crippen LogP contribution in [0.5, 0.6) is 0 Å². The smallest absolute Gasteiger partial charge is 0.475 e. The average molecular weight is 446 g/mol. The molecule has 0 saturated carbocycles. The van der Waals surface area contributed by atoms with Crippen LogP contribution in [0.4, 0.5) is 17.6 Å². The van der Waals surface area contributed by atoms with Gasteiger partial charge in [0.05, 0.1) is 12.2 Å². The minimum absolute atomic E-state index is 0.000982. The Morgan fingerprint density at radius 3 is 2.10 bits per heavy atom. The molecule has 3 aliphatic heterocycles. The highest BCUT2D eigenvalue weighted by atomic mass is 19.4. The fourth-order valence-corrected chi connectivity index (χ4v) is 4.40. The lowest BCUT2D eigenvalue weighted by atomic mass is 9.87. The predicted octanol–water partition coefficient (Wildman–Crippen LogP) is 3.32. The number of carbonyl (C=O) groups excluding carboxylic acids is 1. The number of alkyl halides is 3. The monoisotopic (exact) mass is 446 g/mol. The van der Waals surface area contributed by atoms with Gasteiger partial charge in [0.2, 0.25) is 0 Å². The number of likely N-dealkylation sites (tertiary alicyclic amines) is 2. The first-order valence-electron chi connectivity index (χ1n) is 10.3. The standard InChI is InChI=1S/C19H25FN2O2.C2HF3O2/c20-16-5-3-15(4-6-16)18(23)22-11-7-19(8-12-22)13-17(14-24-19)21-9-1-2-10-21;3-2(4,5)1(6)7/h3-6,17H,1-2,7-14H2;(H,6,7). The molecule has 4 rings (SSSR count). The molecule has 1 unspecified atom stereocenters. The van der Waals surface area contributed by atoms with E-state index in [9.17, 15) is 22.4 Å². The van der Waals surface area contributed by atoms with Gasteiger partial charge in [-0.15, -0.1) is 0 Å². The Morgan fingerprint density at radius 1 is 1.03 bits per heavy atom. The Labute approximate surface area is 177 Å². The molecule has 0 radical (unpaired) electrons. The number of nitrogens with zero attached hydrogens (tertiary/aromatic N) is 2. The first kappa shape index (κ1) is 23.5. The number of aliphatic carboxylic acids is 1. The van der Waals surface area contributed by atoms with Crippen molar-refractivity contribution in [2.45, 2.75) is 49.9 Å². The van der Waals surface area contributed by atoms with Gasteiger partial charge < -0.3 is 14.7 Å². The number of benzene rings is 1. The molecule has 3 fully saturated rings. The van der Waals surface area contributed by atoms with Crippen molar-refractivity contribution in [2.24, 2.45) is 0 Å². The zero-order chi connectivity index (χ0) is 22.6. The molecule has 1 spiro atoms. The molecular weight excluding hydrogens is 420 g/mol. The van der Waals surface area contributed by atoms with Crippen LogP contribution in [0, 0.1) is 5.82 Å². The van der Waals surface area contributed by atoms with Crippen LogP contribution in [-0.4, -0.2) is 77.4 Å². The summed E-state index contributed by atoms with van der Waals surface area (Å²) >= 11 is 0. The number of carbonyl (C=O) groups is 2. The van der Waals surface area contributed by atoms with Crippen molar-refractivity contribution in [2.75, 3.05) is 32.8 Å². The van der Waals surface area contributed by atoms with E-state index in [1.807, 2.05) is 4.90 Å². The number of hydrogen-bond acceptors (Lipinski definition) is 4. The SMILES string of the molecule is O=C(O)C(F)(F)F.O=C(c1ccc(F)cc1)N1CCC2(CC1)CC(N1CCCC1)CO2. The van der Waals surface area contributed by atoms with Crippen LogP contribution in [0.2, 0.25) is 0 Å². The second kappa shape index (κ2) is 9.52. The summed E-state index contributed by atoms with van der Waals surface area (Å²) in [7, 11) is 0. The molecule has 3 aliphatic rings. The van der Waals surface area contributed by atoms with E-state index in [-0.39, 0.29) is 17.3 Å². The second-order valence-electron chi connectivity index (χ2n) is 8.20. The van der Waals surface area contributed by atoms with E-state index in [0.717, 1.165) is 39.0 Å². The second-order valence-corrected chi connectivity index (χ2v) is 8.20. The van der Waals surface area contributed by atoms with E-state index >= 15 is 0 Å². The number of rotatable bonds is 2. The average Bonchev–Trinajstić information content (AvgIpc) is 3.39. The molecule has 0 aromatic heterocycles. The molecule has 31 heavy (non-hydrogen) atoms. The maximum Gasteiger partial charge on any atom is 0.490 e. The molecular formula is C21H26F4N2O4. The van der Waals surface area contributed by atoms with Crippen LogP contribution in [0.15, 0.2) is 24.3 Å². The van der Waals surface area contributed by atoms with Crippen LogP contribution in [0.3, 0.4) is 0 Å².